The van der Waals surface area contributed by atoms with E-state index in [0.717, 1.165) is 37.7 Å². The Bertz CT molecular complexity index is 477. The minimum absolute atomic E-state index is 0.00601. The first-order valence-corrected chi connectivity index (χ1v) is 7.49. The molecule has 1 N–H and O–H groups in total. The average molecular weight is 291 g/mol. The first kappa shape index (κ1) is 15.8. The molecule has 21 heavy (non-hydrogen) atoms. The highest BCUT2D eigenvalue weighted by Crippen LogP contribution is 2.20. The number of carbonyl (C=O) groups is 1. The number of ether oxygens (including phenoxy) is 1. The quantitative estimate of drug-likeness (QED) is 0.921. The molecule has 1 fully saturated rings. The molecule has 0 saturated carbocycles. The van der Waals surface area contributed by atoms with Crippen molar-refractivity contribution in [2.75, 3.05) is 31.2 Å². The molecule has 2 rings (SSSR count). The van der Waals surface area contributed by atoms with Gasteiger partial charge in [0.05, 0.1) is 13.2 Å². The zero-order valence-corrected chi connectivity index (χ0v) is 13.2. The monoisotopic (exact) mass is 291 g/mol. The third-order valence-corrected chi connectivity index (χ3v) is 3.35. The van der Waals surface area contributed by atoms with Crippen LogP contribution in [0.5, 0.6) is 0 Å². The van der Waals surface area contributed by atoms with Crippen LogP contribution in [-0.4, -0.2) is 37.2 Å². The van der Waals surface area contributed by atoms with Gasteiger partial charge in [-0.1, -0.05) is 26.8 Å². The number of morpholine rings is 1. The van der Waals surface area contributed by atoms with Gasteiger partial charge >= 0.3 is 0 Å². The van der Waals surface area contributed by atoms with Gasteiger partial charge in [-0.3, -0.25) is 4.79 Å². The molecule has 116 valence electrons. The Labute approximate surface area is 126 Å². The molecule has 0 spiro atoms. The van der Waals surface area contributed by atoms with Crippen molar-refractivity contribution in [2.24, 2.45) is 5.41 Å². The second kappa shape index (κ2) is 6.89. The summed E-state index contributed by atoms with van der Waals surface area (Å²) in [6.45, 7) is 9.87. The van der Waals surface area contributed by atoms with E-state index in [-0.39, 0.29) is 11.3 Å². The maximum atomic E-state index is 12.0. The smallest absolute Gasteiger partial charge is 0.220 e. The van der Waals surface area contributed by atoms with Crippen LogP contribution in [0, 0.1) is 5.41 Å². The molecular formula is C16H25N3O2. The third-order valence-electron chi connectivity index (χ3n) is 3.35. The summed E-state index contributed by atoms with van der Waals surface area (Å²) in [5, 5.41) is 3.00. The fourth-order valence-electron chi connectivity index (χ4n) is 2.37. The topological polar surface area (TPSA) is 54.5 Å². The van der Waals surface area contributed by atoms with Crippen LogP contribution in [-0.2, 0) is 16.1 Å². The SMILES string of the molecule is CC(C)(C)CC(=O)NCc1cccnc1N1CCOCC1. The Morgan fingerprint density at radius 1 is 1.38 bits per heavy atom. The van der Waals surface area contributed by atoms with E-state index in [0.29, 0.717) is 13.0 Å². The van der Waals surface area contributed by atoms with E-state index in [1.807, 2.05) is 12.1 Å². The largest absolute Gasteiger partial charge is 0.378 e. The van der Waals surface area contributed by atoms with E-state index < -0.39 is 0 Å². The van der Waals surface area contributed by atoms with Crippen molar-refractivity contribution in [3.63, 3.8) is 0 Å². The van der Waals surface area contributed by atoms with Gasteiger partial charge in [0.2, 0.25) is 5.91 Å². The lowest BCUT2D eigenvalue weighted by molar-refractivity contribution is -0.122. The van der Waals surface area contributed by atoms with Crippen LogP contribution >= 0.6 is 0 Å². The van der Waals surface area contributed by atoms with Gasteiger partial charge in [-0.25, -0.2) is 4.98 Å². The van der Waals surface area contributed by atoms with Crippen LogP contribution in [0.25, 0.3) is 0 Å². The number of carbonyl (C=O) groups excluding carboxylic acids is 1. The maximum absolute atomic E-state index is 12.0. The maximum Gasteiger partial charge on any atom is 0.220 e. The standard InChI is InChI=1S/C16H25N3O2/c1-16(2,3)11-14(20)18-12-13-5-4-6-17-15(13)19-7-9-21-10-8-19/h4-6H,7-12H2,1-3H3,(H,18,20). The Balaban J connectivity index is 1.98. The van der Waals surface area contributed by atoms with Gasteiger partial charge in [0.1, 0.15) is 5.82 Å². The summed E-state index contributed by atoms with van der Waals surface area (Å²) in [4.78, 5) is 18.6. The first-order valence-electron chi connectivity index (χ1n) is 7.49. The molecule has 2 heterocycles. The van der Waals surface area contributed by atoms with Crippen LogP contribution in [0.2, 0.25) is 0 Å². The average Bonchev–Trinajstić information content (AvgIpc) is 2.45. The number of amides is 1. The van der Waals surface area contributed by atoms with E-state index in [2.05, 4.69) is 36.0 Å². The van der Waals surface area contributed by atoms with Crippen LogP contribution in [0.1, 0.15) is 32.8 Å². The fraction of sp³-hybridized carbons (Fsp3) is 0.625. The van der Waals surface area contributed by atoms with Crippen molar-refractivity contribution in [3.05, 3.63) is 23.9 Å². The highest BCUT2D eigenvalue weighted by molar-refractivity contribution is 5.76. The van der Waals surface area contributed by atoms with Gasteiger partial charge in [0.15, 0.2) is 0 Å². The summed E-state index contributed by atoms with van der Waals surface area (Å²) < 4.78 is 5.37. The molecule has 1 aromatic heterocycles. The molecule has 1 aliphatic rings. The number of hydrogen-bond donors (Lipinski definition) is 1. The predicted molar refractivity (Wildman–Crippen MR) is 83.2 cm³/mol. The summed E-state index contributed by atoms with van der Waals surface area (Å²) in [6.07, 6.45) is 2.32. The van der Waals surface area contributed by atoms with Crippen LogP contribution in [0.15, 0.2) is 18.3 Å². The first-order chi connectivity index (χ1) is 9.96. The van der Waals surface area contributed by atoms with E-state index in [1.54, 1.807) is 6.20 Å². The molecule has 0 bridgehead atoms. The van der Waals surface area contributed by atoms with Crippen molar-refractivity contribution in [1.82, 2.24) is 10.3 Å². The molecule has 1 saturated heterocycles. The minimum Gasteiger partial charge on any atom is -0.378 e. The van der Waals surface area contributed by atoms with E-state index in [9.17, 15) is 4.79 Å². The number of nitrogens with zero attached hydrogens (tertiary/aromatic N) is 2. The molecule has 1 aliphatic heterocycles. The van der Waals surface area contributed by atoms with Crippen molar-refractivity contribution < 1.29 is 9.53 Å². The minimum atomic E-state index is 0.00601. The lowest BCUT2D eigenvalue weighted by atomic mass is 9.92. The molecule has 1 amide bonds. The Morgan fingerprint density at radius 2 is 2.10 bits per heavy atom. The highest BCUT2D eigenvalue weighted by Gasteiger charge is 2.18. The van der Waals surface area contributed by atoms with Crippen LogP contribution < -0.4 is 10.2 Å². The Hall–Kier alpha value is -1.62. The van der Waals surface area contributed by atoms with E-state index in [1.165, 1.54) is 0 Å². The van der Waals surface area contributed by atoms with Crippen LogP contribution in [0.3, 0.4) is 0 Å². The summed E-state index contributed by atoms with van der Waals surface area (Å²) >= 11 is 0. The number of nitrogens with one attached hydrogen (secondary N) is 1. The fourth-order valence-corrected chi connectivity index (χ4v) is 2.37. The lowest BCUT2D eigenvalue weighted by Gasteiger charge is -2.29. The van der Waals surface area contributed by atoms with Gasteiger partial charge in [-0.2, -0.15) is 0 Å². The summed E-state index contributed by atoms with van der Waals surface area (Å²) in [5.41, 5.74) is 1.06. The molecular weight excluding hydrogens is 266 g/mol. The molecule has 0 unspecified atom stereocenters. The number of anilines is 1. The van der Waals surface area contributed by atoms with Gasteiger partial charge < -0.3 is 15.0 Å². The highest BCUT2D eigenvalue weighted by atomic mass is 16.5. The second-order valence-electron chi connectivity index (χ2n) is 6.60. The number of pyridine rings is 1. The predicted octanol–water partition coefficient (Wildman–Crippen LogP) is 1.97. The zero-order chi connectivity index (χ0) is 15.3. The summed E-state index contributed by atoms with van der Waals surface area (Å²) in [7, 11) is 0. The van der Waals surface area contributed by atoms with Gasteiger partial charge in [-0.05, 0) is 11.5 Å². The van der Waals surface area contributed by atoms with Crippen LogP contribution in [0.4, 0.5) is 5.82 Å². The molecule has 0 aliphatic carbocycles. The van der Waals surface area contributed by atoms with Crippen molar-refractivity contribution in [3.8, 4) is 0 Å². The van der Waals surface area contributed by atoms with E-state index in [4.69, 9.17) is 4.74 Å². The number of rotatable bonds is 4. The lowest BCUT2D eigenvalue weighted by Crippen LogP contribution is -2.38. The van der Waals surface area contributed by atoms with E-state index >= 15 is 0 Å². The molecule has 5 nitrogen and oxygen atoms in total. The second-order valence-corrected chi connectivity index (χ2v) is 6.60. The number of hydrogen-bond acceptors (Lipinski definition) is 4. The molecule has 0 atom stereocenters. The summed E-state index contributed by atoms with van der Waals surface area (Å²) in [6, 6.07) is 3.93. The Morgan fingerprint density at radius 3 is 2.76 bits per heavy atom. The van der Waals surface area contributed by atoms with Crippen molar-refractivity contribution in [1.29, 1.82) is 0 Å². The summed E-state index contributed by atoms with van der Waals surface area (Å²) in [5.74, 6) is 1.04. The molecule has 0 aromatic carbocycles. The van der Waals surface area contributed by atoms with Crippen molar-refractivity contribution >= 4 is 11.7 Å². The van der Waals surface area contributed by atoms with Gasteiger partial charge in [0.25, 0.3) is 0 Å². The van der Waals surface area contributed by atoms with Crippen molar-refractivity contribution in [2.45, 2.75) is 33.7 Å². The van der Waals surface area contributed by atoms with Gasteiger partial charge in [0, 0.05) is 37.8 Å². The Kier molecular flexibility index (Phi) is 5.17. The molecule has 0 radical (unpaired) electrons. The zero-order valence-electron chi connectivity index (χ0n) is 13.2. The third kappa shape index (κ3) is 5.01. The normalized spacial score (nSPS) is 15.9. The van der Waals surface area contributed by atoms with Gasteiger partial charge in [-0.15, -0.1) is 0 Å². The number of aromatic nitrogens is 1. The molecule has 5 heteroatoms. The molecule has 1 aromatic rings.